The topological polar surface area (TPSA) is 79.2 Å². The SMILES string of the molecule is CC(C)(C)n1cc(C(=O)NCC2CNCC2O)c(-c2ccc(F)cc2F)n1.Cl. The zero-order chi connectivity index (χ0) is 19.8. The van der Waals surface area contributed by atoms with Gasteiger partial charge in [-0.1, -0.05) is 0 Å². The molecule has 0 saturated carbocycles. The predicted octanol–water partition coefficient (Wildman–Crippen LogP) is 2.32. The molecule has 1 amide bonds. The molecule has 3 rings (SSSR count). The summed E-state index contributed by atoms with van der Waals surface area (Å²) in [5.74, 6) is -1.97. The first-order valence-electron chi connectivity index (χ1n) is 8.89. The van der Waals surface area contributed by atoms with Gasteiger partial charge in [0.1, 0.15) is 17.3 Å². The first kappa shape index (κ1) is 22.3. The number of aromatic nitrogens is 2. The molecule has 9 heteroatoms. The summed E-state index contributed by atoms with van der Waals surface area (Å²) in [6.07, 6.45) is 1.05. The van der Waals surface area contributed by atoms with Gasteiger partial charge < -0.3 is 15.7 Å². The molecule has 0 spiro atoms. The number of β-amino-alcohol motifs (C(OH)–C–C–N with tert-alkyl or cyclic N) is 1. The van der Waals surface area contributed by atoms with Crippen molar-refractivity contribution in [1.29, 1.82) is 0 Å². The van der Waals surface area contributed by atoms with E-state index in [1.807, 2.05) is 20.8 Å². The highest BCUT2D eigenvalue weighted by Gasteiger charge is 2.28. The summed E-state index contributed by atoms with van der Waals surface area (Å²) in [6, 6.07) is 3.19. The molecule has 1 aliphatic heterocycles. The molecule has 0 aliphatic carbocycles. The van der Waals surface area contributed by atoms with Crippen molar-refractivity contribution in [2.45, 2.75) is 32.4 Å². The van der Waals surface area contributed by atoms with E-state index in [0.29, 0.717) is 19.6 Å². The number of rotatable bonds is 4. The highest BCUT2D eigenvalue weighted by Crippen LogP contribution is 2.28. The van der Waals surface area contributed by atoms with E-state index in [1.54, 1.807) is 10.9 Å². The molecule has 154 valence electrons. The molecule has 3 N–H and O–H groups in total. The van der Waals surface area contributed by atoms with E-state index >= 15 is 0 Å². The van der Waals surface area contributed by atoms with E-state index in [4.69, 9.17) is 0 Å². The maximum absolute atomic E-state index is 14.3. The Morgan fingerprint density at radius 1 is 1.36 bits per heavy atom. The van der Waals surface area contributed by atoms with Gasteiger partial charge in [-0.2, -0.15) is 5.10 Å². The van der Waals surface area contributed by atoms with Gasteiger partial charge in [0.05, 0.1) is 17.2 Å². The minimum atomic E-state index is -0.779. The van der Waals surface area contributed by atoms with Crippen molar-refractivity contribution in [2.24, 2.45) is 5.92 Å². The zero-order valence-corrected chi connectivity index (χ0v) is 16.8. The van der Waals surface area contributed by atoms with Crippen LogP contribution in [0.4, 0.5) is 8.78 Å². The van der Waals surface area contributed by atoms with Gasteiger partial charge in [-0.25, -0.2) is 8.78 Å². The number of aliphatic hydroxyl groups excluding tert-OH is 1. The fourth-order valence-electron chi connectivity index (χ4n) is 3.01. The lowest BCUT2D eigenvalue weighted by molar-refractivity contribution is 0.0927. The Labute approximate surface area is 168 Å². The average molecular weight is 415 g/mol. The summed E-state index contributed by atoms with van der Waals surface area (Å²) >= 11 is 0. The van der Waals surface area contributed by atoms with E-state index in [2.05, 4.69) is 15.7 Å². The molecular formula is C19H25ClF2N4O2. The van der Waals surface area contributed by atoms with Crippen LogP contribution in [0.2, 0.25) is 0 Å². The molecule has 6 nitrogen and oxygen atoms in total. The second kappa shape index (κ2) is 8.55. The first-order chi connectivity index (χ1) is 12.7. The Balaban J connectivity index is 0.00000280. The largest absolute Gasteiger partial charge is 0.391 e. The van der Waals surface area contributed by atoms with Gasteiger partial charge in [-0.15, -0.1) is 12.4 Å². The summed E-state index contributed by atoms with van der Waals surface area (Å²) in [7, 11) is 0. The fraction of sp³-hybridized carbons (Fsp3) is 0.474. The lowest BCUT2D eigenvalue weighted by Gasteiger charge is -2.18. The lowest BCUT2D eigenvalue weighted by atomic mass is 10.0. The average Bonchev–Trinajstić information content (AvgIpc) is 3.19. The van der Waals surface area contributed by atoms with Crippen molar-refractivity contribution >= 4 is 18.3 Å². The van der Waals surface area contributed by atoms with Gasteiger partial charge in [-0.05, 0) is 32.9 Å². The van der Waals surface area contributed by atoms with Crippen LogP contribution >= 0.6 is 12.4 Å². The molecule has 1 aromatic carbocycles. The first-order valence-corrected chi connectivity index (χ1v) is 8.89. The monoisotopic (exact) mass is 414 g/mol. The van der Waals surface area contributed by atoms with Crippen LogP contribution in [-0.4, -0.2) is 46.5 Å². The number of nitrogens with one attached hydrogen (secondary N) is 2. The summed E-state index contributed by atoms with van der Waals surface area (Å²) in [5, 5.41) is 20.1. The van der Waals surface area contributed by atoms with Crippen LogP contribution < -0.4 is 10.6 Å². The van der Waals surface area contributed by atoms with Gasteiger partial charge in [0.15, 0.2) is 0 Å². The number of hydrogen-bond acceptors (Lipinski definition) is 4. The number of halogens is 3. The maximum atomic E-state index is 14.3. The Bertz CT molecular complexity index is 851. The molecule has 2 heterocycles. The van der Waals surface area contributed by atoms with Crippen LogP contribution in [0.5, 0.6) is 0 Å². The number of aliphatic hydroxyl groups is 1. The van der Waals surface area contributed by atoms with E-state index in [9.17, 15) is 18.7 Å². The highest BCUT2D eigenvalue weighted by molar-refractivity contribution is 5.99. The minimum Gasteiger partial charge on any atom is -0.391 e. The number of nitrogens with zero attached hydrogens (tertiary/aromatic N) is 2. The Kier molecular flexibility index (Phi) is 6.80. The maximum Gasteiger partial charge on any atom is 0.255 e. The zero-order valence-electron chi connectivity index (χ0n) is 16.0. The fourth-order valence-corrected chi connectivity index (χ4v) is 3.01. The van der Waals surface area contributed by atoms with Crippen LogP contribution in [-0.2, 0) is 5.54 Å². The second-order valence-corrected chi connectivity index (χ2v) is 7.83. The molecular weight excluding hydrogens is 390 g/mol. The van der Waals surface area contributed by atoms with E-state index in [-0.39, 0.29) is 35.1 Å². The number of carbonyl (C=O) groups excluding carboxylic acids is 1. The van der Waals surface area contributed by atoms with Crippen molar-refractivity contribution in [3.63, 3.8) is 0 Å². The van der Waals surface area contributed by atoms with Gasteiger partial charge in [0.25, 0.3) is 5.91 Å². The standard InChI is InChI=1S/C19H24F2N4O2.ClH/c1-19(2,3)25-10-14(18(27)23-8-11-7-22-9-16(11)26)17(24-25)13-5-4-12(20)6-15(13)21;/h4-6,10-11,16,22,26H,7-9H2,1-3H3,(H,23,27);1H. The van der Waals surface area contributed by atoms with Crippen molar-refractivity contribution in [3.8, 4) is 11.3 Å². The number of hydrogen-bond donors (Lipinski definition) is 3. The number of benzene rings is 1. The van der Waals surface area contributed by atoms with Crippen molar-refractivity contribution in [2.75, 3.05) is 19.6 Å². The summed E-state index contributed by atoms with van der Waals surface area (Å²) in [5.41, 5.74) is 0.00281. The van der Waals surface area contributed by atoms with Gasteiger partial charge >= 0.3 is 0 Å². The van der Waals surface area contributed by atoms with E-state index < -0.39 is 29.2 Å². The summed E-state index contributed by atoms with van der Waals surface area (Å²) in [6.45, 7) is 7.13. The van der Waals surface area contributed by atoms with Crippen LogP contribution in [0.3, 0.4) is 0 Å². The Morgan fingerprint density at radius 2 is 2.07 bits per heavy atom. The molecule has 2 atom stereocenters. The van der Waals surface area contributed by atoms with Crippen molar-refractivity contribution < 1.29 is 18.7 Å². The number of amides is 1. The van der Waals surface area contributed by atoms with Gasteiger partial charge in [-0.3, -0.25) is 9.48 Å². The highest BCUT2D eigenvalue weighted by atomic mass is 35.5. The Morgan fingerprint density at radius 3 is 2.64 bits per heavy atom. The van der Waals surface area contributed by atoms with E-state index in [1.165, 1.54) is 6.07 Å². The van der Waals surface area contributed by atoms with Gasteiger partial charge in [0, 0.05) is 43.4 Å². The molecule has 0 bridgehead atoms. The number of carbonyl (C=O) groups is 1. The quantitative estimate of drug-likeness (QED) is 0.717. The molecule has 28 heavy (non-hydrogen) atoms. The molecule has 2 unspecified atom stereocenters. The summed E-state index contributed by atoms with van der Waals surface area (Å²) in [4.78, 5) is 12.8. The van der Waals surface area contributed by atoms with Crippen LogP contribution in [0.15, 0.2) is 24.4 Å². The molecule has 0 radical (unpaired) electrons. The van der Waals surface area contributed by atoms with Crippen LogP contribution in [0.1, 0.15) is 31.1 Å². The van der Waals surface area contributed by atoms with Crippen LogP contribution in [0, 0.1) is 17.6 Å². The molecule has 1 aromatic heterocycles. The third-order valence-corrected chi connectivity index (χ3v) is 4.66. The predicted molar refractivity (Wildman–Crippen MR) is 105 cm³/mol. The van der Waals surface area contributed by atoms with Crippen LogP contribution in [0.25, 0.3) is 11.3 Å². The van der Waals surface area contributed by atoms with E-state index in [0.717, 1.165) is 12.1 Å². The minimum absolute atomic E-state index is 0. The Hall–Kier alpha value is -2.03. The third kappa shape index (κ3) is 4.68. The second-order valence-electron chi connectivity index (χ2n) is 7.83. The normalized spacial score (nSPS) is 19.4. The smallest absolute Gasteiger partial charge is 0.255 e. The third-order valence-electron chi connectivity index (χ3n) is 4.66. The van der Waals surface area contributed by atoms with Crippen molar-refractivity contribution in [3.05, 3.63) is 41.6 Å². The van der Waals surface area contributed by atoms with Gasteiger partial charge in [0.2, 0.25) is 0 Å². The molecule has 1 saturated heterocycles. The molecule has 1 fully saturated rings. The molecule has 2 aromatic rings. The molecule has 1 aliphatic rings. The van der Waals surface area contributed by atoms with Crippen molar-refractivity contribution in [1.82, 2.24) is 20.4 Å². The summed E-state index contributed by atoms with van der Waals surface area (Å²) < 4.78 is 29.2. The lowest BCUT2D eigenvalue weighted by Crippen LogP contribution is -2.34.